The van der Waals surface area contributed by atoms with Crippen LogP contribution >= 0.6 is 38.9 Å². The van der Waals surface area contributed by atoms with E-state index in [-0.39, 0.29) is 5.38 Å². The quantitative estimate of drug-likeness (QED) is 0.635. The zero-order valence-electron chi connectivity index (χ0n) is 8.74. The van der Waals surface area contributed by atoms with Gasteiger partial charge in [-0.2, -0.15) is 0 Å². The van der Waals surface area contributed by atoms with E-state index in [1.165, 1.54) is 11.3 Å². The lowest BCUT2D eigenvalue weighted by molar-refractivity contribution is 0.578. The minimum Gasteiger partial charge on any atom is -0.210 e. The molecule has 92 valence electrons. The van der Waals surface area contributed by atoms with Gasteiger partial charge >= 0.3 is 0 Å². The molecule has 0 aromatic carbocycles. The summed E-state index contributed by atoms with van der Waals surface area (Å²) >= 11 is 10.2. The minimum atomic E-state index is -3.37. The Labute approximate surface area is 113 Å². The average Bonchev–Trinajstić information content (AvgIpc) is 2.59. The van der Waals surface area contributed by atoms with Crippen LogP contribution in [0.15, 0.2) is 20.1 Å². The van der Waals surface area contributed by atoms with Crippen LogP contribution in [0.4, 0.5) is 0 Å². The summed E-state index contributed by atoms with van der Waals surface area (Å²) in [6.45, 7) is 2.32. The normalized spacial score (nSPS) is 13.9. The zero-order chi connectivity index (χ0) is 12.2. The van der Waals surface area contributed by atoms with E-state index in [1.54, 1.807) is 11.4 Å². The van der Waals surface area contributed by atoms with Crippen molar-refractivity contribution in [1.82, 2.24) is 4.72 Å². The molecular weight excluding hydrogens is 334 g/mol. The summed E-state index contributed by atoms with van der Waals surface area (Å²) < 4.78 is 27.1. The third-order valence-electron chi connectivity index (χ3n) is 1.90. The van der Waals surface area contributed by atoms with E-state index in [0.717, 1.165) is 12.8 Å². The predicted octanol–water partition coefficient (Wildman–Crippen LogP) is 3.20. The molecule has 1 heterocycles. The van der Waals surface area contributed by atoms with Gasteiger partial charge in [-0.3, -0.25) is 0 Å². The van der Waals surface area contributed by atoms with Gasteiger partial charge in [-0.25, -0.2) is 13.1 Å². The summed E-state index contributed by atoms with van der Waals surface area (Å²) in [5.41, 5.74) is 0. The van der Waals surface area contributed by atoms with Crippen molar-refractivity contribution in [1.29, 1.82) is 0 Å². The second-order valence-electron chi connectivity index (χ2n) is 3.38. The van der Waals surface area contributed by atoms with Gasteiger partial charge in [0.1, 0.15) is 4.21 Å². The van der Waals surface area contributed by atoms with Gasteiger partial charge < -0.3 is 0 Å². The number of rotatable bonds is 6. The summed E-state index contributed by atoms with van der Waals surface area (Å²) in [5, 5.41) is 1.82. The highest BCUT2D eigenvalue weighted by atomic mass is 79.9. The van der Waals surface area contributed by atoms with Crippen LogP contribution < -0.4 is 4.72 Å². The van der Waals surface area contributed by atoms with Crippen LogP contribution in [0, 0.1) is 0 Å². The monoisotopic (exact) mass is 345 g/mol. The Morgan fingerprint density at radius 3 is 2.81 bits per heavy atom. The summed E-state index contributed by atoms with van der Waals surface area (Å²) in [6, 6.07) is 1.72. The molecule has 1 aromatic heterocycles. The predicted molar refractivity (Wildman–Crippen MR) is 71.8 cm³/mol. The van der Waals surface area contributed by atoms with Crippen molar-refractivity contribution in [3.8, 4) is 0 Å². The molecule has 1 atom stereocenters. The van der Waals surface area contributed by atoms with E-state index in [2.05, 4.69) is 20.7 Å². The maximum Gasteiger partial charge on any atom is 0.251 e. The number of nitrogens with one attached hydrogen (secondary N) is 1. The lowest BCUT2D eigenvalue weighted by atomic mass is 10.2. The number of thiophene rings is 1. The third-order valence-corrected chi connectivity index (χ3v) is 6.25. The molecule has 7 heteroatoms. The largest absolute Gasteiger partial charge is 0.251 e. The van der Waals surface area contributed by atoms with E-state index in [4.69, 9.17) is 11.6 Å². The van der Waals surface area contributed by atoms with Gasteiger partial charge in [0.15, 0.2) is 0 Å². The number of sulfonamides is 1. The molecule has 0 radical (unpaired) electrons. The minimum absolute atomic E-state index is 0.0815. The molecule has 0 amide bonds. The van der Waals surface area contributed by atoms with Gasteiger partial charge in [0.05, 0.1) is 0 Å². The van der Waals surface area contributed by atoms with Crippen LogP contribution in [-0.2, 0) is 10.0 Å². The highest BCUT2D eigenvalue weighted by Gasteiger charge is 2.18. The Hall–Kier alpha value is 0.380. The Morgan fingerprint density at radius 2 is 2.31 bits per heavy atom. The molecule has 0 spiro atoms. The fourth-order valence-corrected chi connectivity index (χ4v) is 4.74. The van der Waals surface area contributed by atoms with Crippen molar-refractivity contribution in [2.75, 3.05) is 6.54 Å². The van der Waals surface area contributed by atoms with E-state index in [0.29, 0.717) is 15.2 Å². The summed E-state index contributed by atoms with van der Waals surface area (Å²) in [4.78, 5) is 0. The fourth-order valence-electron chi connectivity index (χ4n) is 1.13. The van der Waals surface area contributed by atoms with Gasteiger partial charge in [-0.15, -0.1) is 22.9 Å². The standard InChI is InChI=1S/C9H13BrClNO2S2/c1-7(11)3-2-5-12-16(13,14)9-8(10)4-6-15-9/h4,6-7,12H,2-3,5H2,1H3. The smallest absolute Gasteiger partial charge is 0.210 e. The van der Waals surface area contributed by atoms with Gasteiger partial charge in [0, 0.05) is 16.4 Å². The summed E-state index contributed by atoms with van der Waals surface area (Å²) in [6.07, 6.45) is 1.54. The lowest BCUT2D eigenvalue weighted by Crippen LogP contribution is -2.24. The van der Waals surface area contributed by atoms with Crippen molar-refractivity contribution >= 4 is 48.9 Å². The van der Waals surface area contributed by atoms with Gasteiger partial charge in [-0.1, -0.05) is 0 Å². The maximum absolute atomic E-state index is 11.8. The third kappa shape index (κ3) is 4.33. The Bertz CT molecular complexity index is 430. The number of hydrogen-bond donors (Lipinski definition) is 1. The molecule has 1 N–H and O–H groups in total. The van der Waals surface area contributed by atoms with E-state index < -0.39 is 10.0 Å². The average molecular weight is 347 g/mol. The molecule has 1 unspecified atom stereocenters. The Balaban J connectivity index is 2.51. The lowest BCUT2D eigenvalue weighted by Gasteiger charge is -2.06. The first-order chi connectivity index (χ1) is 7.43. The zero-order valence-corrected chi connectivity index (χ0v) is 12.7. The molecule has 0 saturated carbocycles. The maximum atomic E-state index is 11.8. The SMILES string of the molecule is CC(Cl)CCCNS(=O)(=O)c1sccc1Br. The molecule has 3 nitrogen and oxygen atoms in total. The van der Waals surface area contributed by atoms with Crippen molar-refractivity contribution < 1.29 is 8.42 Å². The van der Waals surface area contributed by atoms with E-state index in [1.807, 2.05) is 6.92 Å². The molecule has 0 aliphatic heterocycles. The topological polar surface area (TPSA) is 46.2 Å². The fraction of sp³-hybridized carbons (Fsp3) is 0.556. The molecule has 0 bridgehead atoms. The molecule has 1 rings (SSSR count). The molecule has 1 aromatic rings. The van der Waals surface area contributed by atoms with Crippen LogP contribution in [0.25, 0.3) is 0 Å². The van der Waals surface area contributed by atoms with Crippen LogP contribution in [0.3, 0.4) is 0 Å². The molecule has 0 fully saturated rings. The van der Waals surface area contributed by atoms with Crippen molar-refractivity contribution in [3.05, 3.63) is 15.9 Å². The molecule has 16 heavy (non-hydrogen) atoms. The second kappa shape index (κ2) is 6.35. The first-order valence-electron chi connectivity index (χ1n) is 4.80. The highest BCUT2D eigenvalue weighted by molar-refractivity contribution is 9.10. The molecule has 0 saturated heterocycles. The summed E-state index contributed by atoms with van der Waals surface area (Å²) in [7, 11) is -3.37. The summed E-state index contributed by atoms with van der Waals surface area (Å²) in [5.74, 6) is 0. The number of halogens is 2. The Kier molecular flexibility index (Phi) is 5.73. The highest BCUT2D eigenvalue weighted by Crippen LogP contribution is 2.27. The first-order valence-corrected chi connectivity index (χ1v) is 8.39. The van der Waals surface area contributed by atoms with E-state index in [9.17, 15) is 8.42 Å². The van der Waals surface area contributed by atoms with E-state index >= 15 is 0 Å². The van der Waals surface area contributed by atoms with Gasteiger partial charge in [0.25, 0.3) is 10.0 Å². The second-order valence-corrected chi connectivity index (χ2v) is 7.85. The van der Waals surface area contributed by atoms with Crippen molar-refractivity contribution in [2.45, 2.75) is 29.4 Å². The first kappa shape index (κ1) is 14.4. The van der Waals surface area contributed by atoms with Gasteiger partial charge in [0.2, 0.25) is 0 Å². The Morgan fingerprint density at radius 1 is 1.62 bits per heavy atom. The van der Waals surface area contributed by atoms with Crippen molar-refractivity contribution in [3.63, 3.8) is 0 Å². The van der Waals surface area contributed by atoms with Crippen LogP contribution in [-0.4, -0.2) is 20.3 Å². The molecule has 0 aliphatic rings. The number of hydrogen-bond acceptors (Lipinski definition) is 3. The van der Waals surface area contributed by atoms with Crippen LogP contribution in [0.5, 0.6) is 0 Å². The number of alkyl halides is 1. The van der Waals surface area contributed by atoms with Gasteiger partial charge in [-0.05, 0) is 47.1 Å². The van der Waals surface area contributed by atoms with Crippen LogP contribution in [0.1, 0.15) is 19.8 Å². The van der Waals surface area contributed by atoms with Crippen molar-refractivity contribution in [2.24, 2.45) is 0 Å². The van der Waals surface area contributed by atoms with Crippen LogP contribution in [0.2, 0.25) is 0 Å². The molecule has 0 aliphatic carbocycles. The molecular formula is C9H13BrClNO2S2.